The predicted octanol–water partition coefficient (Wildman–Crippen LogP) is 1.65. The Morgan fingerprint density at radius 3 is 2.58 bits per heavy atom. The Hall–Kier alpha value is -3.88. The maximum atomic E-state index is 13.2. The highest BCUT2D eigenvalue weighted by molar-refractivity contribution is 6.09. The molecule has 2 fully saturated rings. The number of fused-ring (bicyclic) bond motifs is 2. The van der Waals surface area contributed by atoms with Crippen LogP contribution in [0.25, 0.3) is 0 Å². The van der Waals surface area contributed by atoms with Gasteiger partial charge in [0.1, 0.15) is 17.8 Å². The average molecular weight is 446 g/mol. The molecule has 5 amide bonds. The summed E-state index contributed by atoms with van der Waals surface area (Å²) < 4.78 is 6.02. The first-order chi connectivity index (χ1) is 15.9. The SMILES string of the molecule is O=C(CN1C(=O)C2(CCC2)Oc2ccccc21)Nc1ccc2c(c1)CC1(C2)NC(=O)NC1=O. The van der Waals surface area contributed by atoms with Crippen molar-refractivity contribution < 1.29 is 23.9 Å². The highest BCUT2D eigenvalue weighted by atomic mass is 16.5. The van der Waals surface area contributed by atoms with Crippen LogP contribution < -0.4 is 25.6 Å². The van der Waals surface area contributed by atoms with Gasteiger partial charge >= 0.3 is 6.03 Å². The first kappa shape index (κ1) is 19.8. The standard InChI is InChI=1S/C24H22N4O5/c29-19(13-28-17-4-1-2-5-18(17)33-24(21(28)31)8-3-9-24)25-16-7-6-14-11-23(12-15(14)10-16)20(30)26-22(32)27-23/h1-2,4-7,10H,3,8-9,11-13H2,(H,25,29)(H2,26,27,30,32). The van der Waals surface area contributed by atoms with Crippen LogP contribution >= 0.6 is 0 Å². The fraction of sp³-hybridized carbons (Fsp3) is 0.333. The summed E-state index contributed by atoms with van der Waals surface area (Å²) in [5.74, 6) is -0.219. The van der Waals surface area contributed by atoms with Gasteiger partial charge in [0.05, 0.1) is 5.69 Å². The maximum absolute atomic E-state index is 13.2. The molecule has 0 bridgehead atoms. The number of hydrogen-bond donors (Lipinski definition) is 3. The van der Waals surface area contributed by atoms with Gasteiger partial charge < -0.3 is 15.4 Å². The lowest BCUT2D eigenvalue weighted by molar-refractivity contribution is -0.143. The van der Waals surface area contributed by atoms with Gasteiger partial charge in [-0.05, 0) is 54.7 Å². The van der Waals surface area contributed by atoms with Crippen molar-refractivity contribution in [3.63, 3.8) is 0 Å². The molecule has 1 unspecified atom stereocenters. The molecule has 2 aliphatic carbocycles. The zero-order valence-corrected chi connectivity index (χ0v) is 17.8. The van der Waals surface area contributed by atoms with Crippen LogP contribution in [0.5, 0.6) is 5.75 Å². The van der Waals surface area contributed by atoms with Crippen LogP contribution in [0.15, 0.2) is 42.5 Å². The Morgan fingerprint density at radius 1 is 1.06 bits per heavy atom. The topological polar surface area (TPSA) is 117 Å². The molecule has 2 aliphatic heterocycles. The number of urea groups is 1. The van der Waals surface area contributed by atoms with Gasteiger partial charge in [-0.25, -0.2) is 4.79 Å². The van der Waals surface area contributed by atoms with E-state index in [0.29, 0.717) is 42.8 Å². The number of ether oxygens (including phenoxy) is 1. The summed E-state index contributed by atoms with van der Waals surface area (Å²) in [5.41, 5.74) is 1.20. The molecule has 2 spiro atoms. The third-order valence-corrected chi connectivity index (χ3v) is 7.05. The minimum Gasteiger partial charge on any atom is -0.475 e. The molecule has 0 radical (unpaired) electrons. The van der Waals surface area contributed by atoms with E-state index in [1.54, 1.807) is 12.1 Å². The Morgan fingerprint density at radius 2 is 1.85 bits per heavy atom. The van der Waals surface area contributed by atoms with Gasteiger partial charge in [-0.1, -0.05) is 18.2 Å². The molecule has 168 valence electrons. The van der Waals surface area contributed by atoms with E-state index in [4.69, 9.17) is 4.74 Å². The van der Waals surface area contributed by atoms with Crippen LogP contribution in [0.3, 0.4) is 0 Å². The molecule has 9 nitrogen and oxygen atoms in total. The lowest BCUT2D eigenvalue weighted by atomic mass is 9.77. The second-order valence-electron chi connectivity index (χ2n) is 9.18. The van der Waals surface area contributed by atoms with Gasteiger partial charge in [0.15, 0.2) is 5.60 Å². The van der Waals surface area contributed by atoms with E-state index >= 15 is 0 Å². The van der Waals surface area contributed by atoms with Crippen molar-refractivity contribution in [2.75, 3.05) is 16.8 Å². The molecule has 4 aliphatic rings. The quantitative estimate of drug-likeness (QED) is 0.620. The zero-order chi connectivity index (χ0) is 22.8. The number of carbonyl (C=O) groups is 4. The van der Waals surface area contributed by atoms with Gasteiger partial charge in [0, 0.05) is 18.5 Å². The number of para-hydroxylation sites is 2. The normalized spacial score (nSPS) is 24.0. The smallest absolute Gasteiger partial charge is 0.322 e. The van der Waals surface area contributed by atoms with E-state index in [1.807, 2.05) is 30.3 Å². The number of imide groups is 1. The Labute approximate surface area is 189 Å². The molecule has 1 saturated heterocycles. The molecule has 1 saturated carbocycles. The van der Waals surface area contributed by atoms with Crippen molar-refractivity contribution in [2.24, 2.45) is 0 Å². The molecule has 6 rings (SSSR count). The van der Waals surface area contributed by atoms with Gasteiger partial charge in [-0.3, -0.25) is 24.6 Å². The minimum absolute atomic E-state index is 0.125. The van der Waals surface area contributed by atoms with E-state index in [9.17, 15) is 19.2 Å². The number of nitrogens with zero attached hydrogens (tertiary/aromatic N) is 1. The van der Waals surface area contributed by atoms with Crippen molar-refractivity contribution in [3.8, 4) is 5.75 Å². The van der Waals surface area contributed by atoms with Crippen molar-refractivity contribution >= 4 is 35.1 Å². The van der Waals surface area contributed by atoms with Gasteiger partial charge in [-0.2, -0.15) is 0 Å². The van der Waals surface area contributed by atoms with Crippen LogP contribution in [-0.4, -0.2) is 41.4 Å². The third-order valence-electron chi connectivity index (χ3n) is 7.05. The van der Waals surface area contributed by atoms with Gasteiger partial charge in [0.25, 0.3) is 11.8 Å². The fourth-order valence-electron chi connectivity index (χ4n) is 5.22. The van der Waals surface area contributed by atoms with Crippen LogP contribution in [0, 0.1) is 0 Å². The van der Waals surface area contributed by atoms with Crippen LogP contribution in [0.2, 0.25) is 0 Å². The summed E-state index contributed by atoms with van der Waals surface area (Å²) in [6, 6.07) is 12.2. The number of anilines is 2. The molecule has 2 aromatic carbocycles. The number of amides is 5. The molecule has 9 heteroatoms. The maximum Gasteiger partial charge on any atom is 0.322 e. The number of benzene rings is 2. The first-order valence-electron chi connectivity index (χ1n) is 11.0. The zero-order valence-electron chi connectivity index (χ0n) is 17.8. The van der Waals surface area contributed by atoms with E-state index in [0.717, 1.165) is 17.5 Å². The number of hydrogen-bond acceptors (Lipinski definition) is 5. The van der Waals surface area contributed by atoms with E-state index in [1.165, 1.54) is 4.90 Å². The average Bonchev–Trinajstić information content (AvgIpc) is 3.25. The summed E-state index contributed by atoms with van der Waals surface area (Å²) >= 11 is 0. The molecular formula is C24H22N4O5. The van der Waals surface area contributed by atoms with E-state index in [2.05, 4.69) is 16.0 Å². The molecule has 1 atom stereocenters. The fourth-order valence-corrected chi connectivity index (χ4v) is 5.22. The van der Waals surface area contributed by atoms with Crippen LogP contribution in [-0.2, 0) is 27.2 Å². The van der Waals surface area contributed by atoms with Gasteiger partial charge in [-0.15, -0.1) is 0 Å². The lowest BCUT2D eigenvalue weighted by Gasteiger charge is -2.47. The highest BCUT2D eigenvalue weighted by Gasteiger charge is 2.53. The van der Waals surface area contributed by atoms with Crippen molar-refractivity contribution in [2.45, 2.75) is 43.2 Å². The second-order valence-corrected chi connectivity index (χ2v) is 9.18. The number of nitrogens with one attached hydrogen (secondary N) is 3. The monoisotopic (exact) mass is 446 g/mol. The van der Waals surface area contributed by atoms with E-state index < -0.39 is 17.2 Å². The van der Waals surface area contributed by atoms with Crippen molar-refractivity contribution in [3.05, 3.63) is 53.6 Å². The van der Waals surface area contributed by atoms with Crippen LogP contribution in [0.4, 0.5) is 16.2 Å². The second kappa shape index (κ2) is 6.81. The number of rotatable bonds is 3. The molecule has 33 heavy (non-hydrogen) atoms. The molecule has 3 N–H and O–H groups in total. The summed E-state index contributed by atoms with van der Waals surface area (Å²) in [4.78, 5) is 51.5. The Balaban J connectivity index is 1.20. The molecule has 2 aromatic rings. The summed E-state index contributed by atoms with van der Waals surface area (Å²) in [6.07, 6.45) is 2.99. The lowest BCUT2D eigenvalue weighted by Crippen LogP contribution is -2.61. The molecular weight excluding hydrogens is 424 g/mol. The Kier molecular flexibility index (Phi) is 4.08. The molecule has 2 heterocycles. The first-order valence-corrected chi connectivity index (χ1v) is 11.0. The molecule has 0 aromatic heterocycles. The highest BCUT2D eigenvalue weighted by Crippen LogP contribution is 2.46. The summed E-state index contributed by atoms with van der Waals surface area (Å²) in [7, 11) is 0. The Bertz CT molecular complexity index is 1240. The number of carbonyl (C=O) groups excluding carboxylic acids is 4. The van der Waals surface area contributed by atoms with Crippen molar-refractivity contribution in [1.29, 1.82) is 0 Å². The van der Waals surface area contributed by atoms with Gasteiger partial charge in [0.2, 0.25) is 5.91 Å². The van der Waals surface area contributed by atoms with Crippen molar-refractivity contribution in [1.82, 2.24) is 10.6 Å². The van der Waals surface area contributed by atoms with E-state index in [-0.39, 0.29) is 24.3 Å². The predicted molar refractivity (Wildman–Crippen MR) is 118 cm³/mol. The minimum atomic E-state index is -0.955. The largest absolute Gasteiger partial charge is 0.475 e. The summed E-state index contributed by atoms with van der Waals surface area (Å²) in [6.45, 7) is -0.125. The third kappa shape index (κ3) is 2.99. The van der Waals surface area contributed by atoms with Crippen LogP contribution in [0.1, 0.15) is 30.4 Å². The summed E-state index contributed by atoms with van der Waals surface area (Å²) in [5, 5.41) is 7.90.